The second-order valence-corrected chi connectivity index (χ2v) is 7.04. The van der Waals surface area contributed by atoms with Gasteiger partial charge in [0.1, 0.15) is 0 Å². The van der Waals surface area contributed by atoms with E-state index in [1.54, 1.807) is 14.2 Å². The summed E-state index contributed by atoms with van der Waals surface area (Å²) in [5, 5.41) is 18.5. The van der Waals surface area contributed by atoms with Gasteiger partial charge in [-0.3, -0.25) is 0 Å². The Balaban J connectivity index is 0.000000409. The molecular formula is C20H23NO6S. The first-order valence-electron chi connectivity index (χ1n) is 8.58. The van der Waals surface area contributed by atoms with Crippen LogP contribution in [0.5, 0.6) is 11.5 Å². The summed E-state index contributed by atoms with van der Waals surface area (Å²) in [7, 11) is 3.33. The molecule has 0 spiro atoms. The maximum Gasteiger partial charge on any atom is 0.414 e. The third kappa shape index (κ3) is 5.90. The van der Waals surface area contributed by atoms with Crippen LogP contribution in [0, 0.1) is 0 Å². The second-order valence-electron chi connectivity index (χ2n) is 5.91. The third-order valence-electron chi connectivity index (χ3n) is 4.14. The van der Waals surface area contributed by atoms with Crippen LogP contribution in [0.2, 0.25) is 0 Å². The van der Waals surface area contributed by atoms with Crippen molar-refractivity contribution in [1.29, 1.82) is 0 Å². The van der Waals surface area contributed by atoms with Crippen molar-refractivity contribution in [2.75, 3.05) is 20.0 Å². The second kappa shape index (κ2) is 10.6. The molecule has 1 unspecified atom stereocenters. The number of thioether (sulfide) groups is 1. The molecule has 0 aliphatic carbocycles. The van der Waals surface area contributed by atoms with Gasteiger partial charge < -0.3 is 25.0 Å². The van der Waals surface area contributed by atoms with Crippen LogP contribution in [0.15, 0.2) is 47.4 Å². The summed E-state index contributed by atoms with van der Waals surface area (Å²) in [5.41, 5.74) is 2.62. The Labute approximate surface area is 167 Å². The lowest BCUT2D eigenvalue weighted by molar-refractivity contribution is -0.159. The smallest absolute Gasteiger partial charge is 0.414 e. The van der Waals surface area contributed by atoms with Gasteiger partial charge in [-0.05, 0) is 41.5 Å². The predicted octanol–water partition coefficient (Wildman–Crippen LogP) is 3.19. The number of fused-ring (bicyclic) bond motifs is 1. The molecule has 28 heavy (non-hydrogen) atoms. The molecule has 0 saturated carbocycles. The van der Waals surface area contributed by atoms with E-state index in [1.165, 1.54) is 21.8 Å². The topological polar surface area (TPSA) is 105 Å². The molecule has 0 radical (unpaired) electrons. The number of carboxylic acid groups (broad SMARTS) is 2. The Hall–Kier alpha value is -2.71. The molecule has 0 aromatic heterocycles. The van der Waals surface area contributed by atoms with E-state index in [0.29, 0.717) is 6.04 Å². The zero-order valence-corrected chi connectivity index (χ0v) is 16.5. The van der Waals surface area contributed by atoms with Crippen molar-refractivity contribution in [3.8, 4) is 11.5 Å². The Bertz CT molecular complexity index is 814. The van der Waals surface area contributed by atoms with Crippen molar-refractivity contribution in [2.45, 2.75) is 23.9 Å². The lowest BCUT2D eigenvalue weighted by atomic mass is 10.0. The van der Waals surface area contributed by atoms with Crippen molar-refractivity contribution in [3.05, 3.63) is 53.6 Å². The van der Waals surface area contributed by atoms with Gasteiger partial charge in [-0.15, -0.1) is 11.8 Å². The van der Waals surface area contributed by atoms with Crippen LogP contribution in [0.25, 0.3) is 0 Å². The van der Waals surface area contributed by atoms with Crippen LogP contribution >= 0.6 is 11.8 Å². The van der Waals surface area contributed by atoms with E-state index in [-0.39, 0.29) is 0 Å². The molecule has 150 valence electrons. The molecule has 0 fully saturated rings. The SMILES string of the molecule is COc1ccc(CNC2CCSc3ccccc32)cc1OC.O=C(O)C(=O)O. The molecule has 1 aliphatic rings. The summed E-state index contributed by atoms with van der Waals surface area (Å²) in [6, 6.07) is 15.2. The maximum atomic E-state index is 9.10. The van der Waals surface area contributed by atoms with E-state index in [2.05, 4.69) is 35.6 Å². The Morgan fingerprint density at radius 3 is 2.39 bits per heavy atom. The Kier molecular flexibility index (Phi) is 8.16. The van der Waals surface area contributed by atoms with Crippen LogP contribution < -0.4 is 14.8 Å². The van der Waals surface area contributed by atoms with Gasteiger partial charge in [-0.2, -0.15) is 0 Å². The number of hydrogen-bond acceptors (Lipinski definition) is 6. The normalized spacial score (nSPS) is 14.9. The lowest BCUT2D eigenvalue weighted by Crippen LogP contribution is -2.24. The minimum atomic E-state index is -1.82. The van der Waals surface area contributed by atoms with Gasteiger partial charge in [0.2, 0.25) is 0 Å². The fourth-order valence-corrected chi connectivity index (χ4v) is 3.91. The Morgan fingerprint density at radius 1 is 1.07 bits per heavy atom. The van der Waals surface area contributed by atoms with Crippen molar-refractivity contribution in [2.24, 2.45) is 0 Å². The van der Waals surface area contributed by atoms with E-state index in [9.17, 15) is 0 Å². The molecule has 1 atom stereocenters. The highest BCUT2D eigenvalue weighted by molar-refractivity contribution is 7.99. The average Bonchev–Trinajstić information content (AvgIpc) is 2.72. The van der Waals surface area contributed by atoms with E-state index in [1.807, 2.05) is 23.9 Å². The first-order valence-corrected chi connectivity index (χ1v) is 9.57. The standard InChI is InChI=1S/C18H21NO2S.C2H2O4/c1-20-16-8-7-13(11-17(16)21-2)12-19-15-9-10-22-18-6-4-3-5-14(15)18;3-1(4)2(5)6/h3-8,11,15,19H,9-10,12H2,1-2H3;(H,3,4)(H,5,6). The van der Waals surface area contributed by atoms with Crippen LogP contribution in [0.3, 0.4) is 0 Å². The molecule has 0 bridgehead atoms. The fourth-order valence-electron chi connectivity index (χ4n) is 2.79. The third-order valence-corrected chi connectivity index (χ3v) is 5.26. The minimum Gasteiger partial charge on any atom is -0.493 e. The van der Waals surface area contributed by atoms with Crippen LogP contribution in [0.1, 0.15) is 23.6 Å². The first-order chi connectivity index (χ1) is 13.5. The summed E-state index contributed by atoms with van der Waals surface area (Å²) in [6.07, 6.45) is 1.16. The maximum absolute atomic E-state index is 9.10. The molecule has 1 heterocycles. The summed E-state index contributed by atoms with van der Waals surface area (Å²) < 4.78 is 10.7. The van der Waals surface area contributed by atoms with Gasteiger partial charge >= 0.3 is 11.9 Å². The quantitative estimate of drug-likeness (QED) is 0.652. The largest absolute Gasteiger partial charge is 0.493 e. The highest BCUT2D eigenvalue weighted by Crippen LogP contribution is 2.36. The highest BCUT2D eigenvalue weighted by Gasteiger charge is 2.19. The summed E-state index contributed by atoms with van der Waals surface area (Å²) in [4.78, 5) is 19.6. The zero-order chi connectivity index (χ0) is 20.5. The van der Waals surface area contributed by atoms with Gasteiger partial charge in [0, 0.05) is 17.5 Å². The van der Waals surface area contributed by atoms with E-state index in [4.69, 9.17) is 29.3 Å². The molecule has 0 saturated heterocycles. The molecule has 2 aromatic rings. The average molecular weight is 405 g/mol. The molecular weight excluding hydrogens is 382 g/mol. The lowest BCUT2D eigenvalue weighted by Gasteiger charge is -2.26. The first kappa shape index (κ1) is 21.6. The summed E-state index contributed by atoms with van der Waals surface area (Å²) in [6.45, 7) is 0.823. The zero-order valence-electron chi connectivity index (χ0n) is 15.7. The van der Waals surface area contributed by atoms with E-state index < -0.39 is 11.9 Å². The molecule has 1 aliphatic heterocycles. The number of benzene rings is 2. The van der Waals surface area contributed by atoms with Gasteiger partial charge in [-0.25, -0.2) is 9.59 Å². The van der Waals surface area contributed by atoms with Crippen LogP contribution in [-0.4, -0.2) is 42.1 Å². The highest BCUT2D eigenvalue weighted by atomic mass is 32.2. The molecule has 3 rings (SSSR count). The molecule has 7 nitrogen and oxygen atoms in total. The number of rotatable bonds is 5. The minimum absolute atomic E-state index is 0.422. The summed E-state index contributed by atoms with van der Waals surface area (Å²) in [5.74, 6) is -0.933. The van der Waals surface area contributed by atoms with Crippen molar-refractivity contribution >= 4 is 23.7 Å². The monoisotopic (exact) mass is 405 g/mol. The molecule has 0 amide bonds. The number of nitrogens with one attached hydrogen (secondary N) is 1. The van der Waals surface area contributed by atoms with E-state index >= 15 is 0 Å². The fraction of sp³-hybridized carbons (Fsp3) is 0.300. The number of ether oxygens (including phenoxy) is 2. The molecule has 3 N–H and O–H groups in total. The van der Waals surface area contributed by atoms with Gasteiger partial charge in [0.25, 0.3) is 0 Å². The molecule has 2 aromatic carbocycles. The number of hydrogen-bond donors (Lipinski definition) is 3. The van der Waals surface area contributed by atoms with Crippen molar-refractivity contribution in [3.63, 3.8) is 0 Å². The van der Waals surface area contributed by atoms with Crippen LogP contribution in [-0.2, 0) is 16.1 Å². The van der Waals surface area contributed by atoms with Crippen molar-refractivity contribution in [1.82, 2.24) is 5.32 Å². The van der Waals surface area contributed by atoms with Gasteiger partial charge in [-0.1, -0.05) is 24.3 Å². The number of methoxy groups -OCH3 is 2. The van der Waals surface area contributed by atoms with Crippen LogP contribution in [0.4, 0.5) is 0 Å². The van der Waals surface area contributed by atoms with Gasteiger partial charge in [0.05, 0.1) is 14.2 Å². The van der Waals surface area contributed by atoms with Crippen molar-refractivity contribution < 1.29 is 29.3 Å². The van der Waals surface area contributed by atoms with Gasteiger partial charge in [0.15, 0.2) is 11.5 Å². The number of carboxylic acids is 2. The predicted molar refractivity (Wildman–Crippen MR) is 106 cm³/mol. The van der Waals surface area contributed by atoms with E-state index in [0.717, 1.165) is 24.5 Å². The number of aliphatic carboxylic acids is 2. The number of carbonyl (C=O) groups is 2. The molecule has 8 heteroatoms. The Morgan fingerprint density at radius 2 is 1.75 bits per heavy atom. The summed E-state index contributed by atoms with van der Waals surface area (Å²) >= 11 is 1.95.